The lowest BCUT2D eigenvalue weighted by molar-refractivity contribution is -0.129. The Morgan fingerprint density at radius 1 is 1.13 bits per heavy atom. The average Bonchev–Trinajstić information content (AvgIpc) is 2.56. The first-order chi connectivity index (χ1) is 11.0. The van der Waals surface area contributed by atoms with Gasteiger partial charge in [0, 0.05) is 17.1 Å². The highest BCUT2D eigenvalue weighted by Crippen LogP contribution is 2.37. The van der Waals surface area contributed by atoms with Crippen molar-refractivity contribution in [1.29, 1.82) is 0 Å². The molecule has 2 rings (SSSR count). The molecule has 3 nitrogen and oxygen atoms in total. The summed E-state index contributed by atoms with van der Waals surface area (Å²) in [5, 5.41) is 0. The molecule has 0 aromatic heterocycles. The van der Waals surface area contributed by atoms with Crippen LogP contribution in [0.15, 0.2) is 61.2 Å². The summed E-state index contributed by atoms with van der Waals surface area (Å²) in [5.74, 6) is 0.939. The molecule has 0 N–H and O–H groups in total. The summed E-state index contributed by atoms with van der Waals surface area (Å²) in [6, 6.07) is 15.6. The van der Waals surface area contributed by atoms with Crippen molar-refractivity contribution in [3.63, 3.8) is 0 Å². The van der Waals surface area contributed by atoms with E-state index in [0.29, 0.717) is 12.4 Å². The number of carbonyl (C=O) groups excluding carboxylic acids is 1. The van der Waals surface area contributed by atoms with Gasteiger partial charge in [-0.3, -0.25) is 0 Å². The minimum absolute atomic E-state index is 0.317. The van der Waals surface area contributed by atoms with Crippen molar-refractivity contribution < 1.29 is 14.3 Å². The minimum atomic E-state index is -0.458. The molecule has 0 bridgehead atoms. The average molecular weight is 310 g/mol. The quantitative estimate of drug-likeness (QED) is 0.447. The van der Waals surface area contributed by atoms with Crippen molar-refractivity contribution in [2.24, 2.45) is 0 Å². The van der Waals surface area contributed by atoms with Gasteiger partial charge in [-0.2, -0.15) is 0 Å². The molecule has 2 aromatic rings. The molecule has 0 saturated carbocycles. The first-order valence-electron chi connectivity index (χ1n) is 7.66. The van der Waals surface area contributed by atoms with Crippen molar-refractivity contribution in [1.82, 2.24) is 0 Å². The molecule has 0 radical (unpaired) electrons. The number of hydrogen-bond acceptors (Lipinski definition) is 3. The van der Waals surface area contributed by atoms with E-state index in [1.807, 2.05) is 49.4 Å². The van der Waals surface area contributed by atoms with Crippen molar-refractivity contribution in [3.8, 4) is 11.5 Å². The van der Waals surface area contributed by atoms with E-state index in [2.05, 4.69) is 20.4 Å². The Labute approximate surface area is 137 Å². The van der Waals surface area contributed by atoms with Gasteiger partial charge in [0.25, 0.3) is 0 Å². The molecule has 0 heterocycles. The summed E-state index contributed by atoms with van der Waals surface area (Å²) < 4.78 is 10.9. The normalized spacial score (nSPS) is 10.9. The van der Waals surface area contributed by atoms with E-state index in [1.165, 1.54) is 6.08 Å². The first-order valence-corrected chi connectivity index (χ1v) is 7.66. The van der Waals surface area contributed by atoms with Crippen molar-refractivity contribution in [2.75, 3.05) is 6.61 Å². The topological polar surface area (TPSA) is 35.5 Å². The molecule has 23 heavy (non-hydrogen) atoms. The third-order valence-electron chi connectivity index (χ3n) is 3.82. The smallest absolute Gasteiger partial charge is 0.335 e. The molecule has 0 spiro atoms. The monoisotopic (exact) mass is 310 g/mol. The number of esters is 1. The zero-order chi connectivity index (χ0) is 16.9. The third-order valence-corrected chi connectivity index (χ3v) is 3.82. The van der Waals surface area contributed by atoms with Crippen LogP contribution in [0.2, 0.25) is 0 Å². The van der Waals surface area contributed by atoms with Crippen LogP contribution in [-0.4, -0.2) is 12.6 Å². The summed E-state index contributed by atoms with van der Waals surface area (Å²) in [7, 11) is 0. The van der Waals surface area contributed by atoms with Crippen LogP contribution in [0.5, 0.6) is 11.5 Å². The van der Waals surface area contributed by atoms with Gasteiger partial charge < -0.3 is 9.47 Å². The van der Waals surface area contributed by atoms with Crippen LogP contribution >= 0.6 is 0 Å². The van der Waals surface area contributed by atoms with Gasteiger partial charge in [0.2, 0.25) is 0 Å². The maximum Gasteiger partial charge on any atom is 0.335 e. The van der Waals surface area contributed by atoms with Gasteiger partial charge in [0.15, 0.2) is 0 Å². The lowest BCUT2D eigenvalue weighted by Gasteiger charge is -2.28. The molecule has 0 saturated heterocycles. The number of ether oxygens (including phenoxy) is 2. The summed E-state index contributed by atoms with van der Waals surface area (Å²) in [5.41, 5.74) is 1.74. The number of rotatable bonds is 6. The standard InChI is InChI=1S/C20H22O3/c1-5-19(21)23-18-10-8-7-9-17(18)20(3,4)15-11-13-16(14-12-15)22-6-2/h5,7-14H,1,6H2,2-4H3. The predicted molar refractivity (Wildman–Crippen MR) is 92.0 cm³/mol. The summed E-state index contributed by atoms with van der Waals surface area (Å²) in [6.45, 7) is 10.2. The second-order valence-electron chi connectivity index (χ2n) is 5.70. The van der Waals surface area contributed by atoms with Gasteiger partial charge in [-0.05, 0) is 30.7 Å². The Morgan fingerprint density at radius 2 is 1.78 bits per heavy atom. The van der Waals surface area contributed by atoms with Crippen molar-refractivity contribution >= 4 is 5.97 Å². The molecular formula is C20H22O3. The van der Waals surface area contributed by atoms with Crippen LogP contribution in [0.25, 0.3) is 0 Å². The Bertz CT molecular complexity index is 684. The Kier molecular flexibility index (Phi) is 5.22. The number of para-hydroxylation sites is 1. The second-order valence-corrected chi connectivity index (χ2v) is 5.70. The largest absolute Gasteiger partial charge is 0.494 e. The number of carbonyl (C=O) groups is 1. The van der Waals surface area contributed by atoms with Gasteiger partial charge in [-0.1, -0.05) is 50.8 Å². The molecule has 120 valence electrons. The van der Waals surface area contributed by atoms with Crippen LogP contribution in [0.4, 0.5) is 0 Å². The summed E-state index contributed by atoms with van der Waals surface area (Å²) in [6.07, 6.45) is 1.17. The van der Waals surface area contributed by atoms with E-state index in [9.17, 15) is 4.79 Å². The minimum Gasteiger partial charge on any atom is -0.494 e. The van der Waals surface area contributed by atoms with Gasteiger partial charge in [-0.25, -0.2) is 4.79 Å². The van der Waals surface area contributed by atoms with E-state index in [4.69, 9.17) is 9.47 Å². The zero-order valence-corrected chi connectivity index (χ0v) is 13.8. The van der Waals surface area contributed by atoms with Gasteiger partial charge >= 0.3 is 5.97 Å². The Balaban J connectivity index is 2.38. The fraction of sp³-hybridized carbons (Fsp3) is 0.250. The third kappa shape index (κ3) is 3.81. The van der Waals surface area contributed by atoms with Crippen molar-refractivity contribution in [2.45, 2.75) is 26.2 Å². The molecule has 0 unspecified atom stereocenters. The molecular weight excluding hydrogens is 288 g/mol. The Morgan fingerprint density at radius 3 is 2.39 bits per heavy atom. The SMILES string of the molecule is C=CC(=O)Oc1ccccc1C(C)(C)c1ccc(OCC)cc1. The molecule has 0 aliphatic heterocycles. The fourth-order valence-corrected chi connectivity index (χ4v) is 2.51. The fourth-order valence-electron chi connectivity index (χ4n) is 2.51. The highest BCUT2D eigenvalue weighted by Gasteiger charge is 2.27. The summed E-state index contributed by atoms with van der Waals surface area (Å²) in [4.78, 5) is 11.6. The molecule has 3 heteroatoms. The predicted octanol–water partition coefficient (Wildman–Crippen LogP) is 4.50. The molecule has 0 fully saturated rings. The molecule has 0 aliphatic rings. The van der Waals surface area contributed by atoms with Crippen LogP contribution in [0.1, 0.15) is 31.9 Å². The molecule has 0 aliphatic carbocycles. The highest BCUT2D eigenvalue weighted by atomic mass is 16.5. The van der Waals surface area contributed by atoms with Crippen molar-refractivity contribution in [3.05, 3.63) is 72.3 Å². The van der Waals surface area contributed by atoms with Crippen LogP contribution in [-0.2, 0) is 10.2 Å². The van der Waals surface area contributed by atoms with E-state index in [1.54, 1.807) is 6.07 Å². The molecule has 2 aromatic carbocycles. The number of benzene rings is 2. The maximum absolute atomic E-state index is 11.6. The lowest BCUT2D eigenvalue weighted by Crippen LogP contribution is -2.21. The van der Waals surface area contributed by atoms with Gasteiger partial charge in [-0.15, -0.1) is 0 Å². The zero-order valence-electron chi connectivity index (χ0n) is 13.8. The van der Waals surface area contributed by atoms with E-state index >= 15 is 0 Å². The van der Waals surface area contributed by atoms with Gasteiger partial charge in [0.1, 0.15) is 11.5 Å². The highest BCUT2D eigenvalue weighted by molar-refractivity contribution is 5.83. The molecule has 0 atom stereocenters. The van der Waals surface area contributed by atoms with Crippen LogP contribution in [0.3, 0.4) is 0 Å². The van der Waals surface area contributed by atoms with Crippen LogP contribution in [0, 0.1) is 0 Å². The first kappa shape index (κ1) is 16.8. The maximum atomic E-state index is 11.6. The number of hydrogen-bond donors (Lipinski definition) is 0. The van der Waals surface area contributed by atoms with Gasteiger partial charge in [0.05, 0.1) is 6.61 Å². The van der Waals surface area contributed by atoms with E-state index < -0.39 is 5.97 Å². The Hall–Kier alpha value is -2.55. The molecule has 0 amide bonds. The van der Waals surface area contributed by atoms with E-state index in [0.717, 1.165) is 16.9 Å². The second kappa shape index (κ2) is 7.14. The summed E-state index contributed by atoms with van der Waals surface area (Å²) >= 11 is 0. The lowest BCUT2D eigenvalue weighted by atomic mass is 9.77. The van der Waals surface area contributed by atoms with Crippen LogP contribution < -0.4 is 9.47 Å². The van der Waals surface area contributed by atoms with E-state index in [-0.39, 0.29) is 5.41 Å².